The van der Waals surface area contributed by atoms with Crippen molar-refractivity contribution in [3.05, 3.63) is 60.0 Å². The molecule has 154 valence electrons. The molecular weight excluding hydrogens is 407 g/mol. The molecule has 4 aromatic rings. The molecule has 0 aliphatic carbocycles. The molecule has 4 rings (SSSR count). The van der Waals surface area contributed by atoms with Crippen LogP contribution in [0.4, 0.5) is 15.9 Å². The summed E-state index contributed by atoms with van der Waals surface area (Å²) in [6, 6.07) is 13.7. The van der Waals surface area contributed by atoms with Crippen molar-refractivity contribution in [2.75, 3.05) is 12.4 Å². The molecule has 2 N–H and O–H groups in total. The normalized spacial score (nSPS) is 11.2. The van der Waals surface area contributed by atoms with Gasteiger partial charge in [-0.2, -0.15) is 10.6 Å². The molecule has 2 aromatic heterocycles. The first-order valence-electron chi connectivity index (χ1n) is 9.06. The van der Waals surface area contributed by atoms with Crippen molar-refractivity contribution in [1.29, 1.82) is 0 Å². The van der Waals surface area contributed by atoms with E-state index >= 15 is 0 Å². The molecular formula is C20H19FN6O2S. The smallest absolute Gasteiger partial charge is 0.162 e. The summed E-state index contributed by atoms with van der Waals surface area (Å²) >= 11 is 1.09. The van der Waals surface area contributed by atoms with Gasteiger partial charge in [0.1, 0.15) is 16.9 Å². The first-order valence-corrected chi connectivity index (χ1v) is 9.80. The predicted octanol–water partition coefficient (Wildman–Crippen LogP) is 4.31. The molecule has 0 fully saturated rings. The molecule has 0 amide bonds. The number of fused-ring (bicyclic) bond motifs is 1. The Morgan fingerprint density at radius 2 is 1.77 bits per heavy atom. The molecule has 0 saturated carbocycles. The van der Waals surface area contributed by atoms with E-state index in [1.54, 1.807) is 23.9 Å². The number of aromatic nitrogens is 4. The standard InChI is InChI=1S/C20H19FN6O2S/c1-12-17-18(27(3)26-12)20(25-19(24-17)13-4-6-14(21)7-5-13)23-15-8-10-16(11-9-15)30-29-28-22-2/h4-11,22H,1-3H3,(H,23,24,25). The zero-order valence-corrected chi connectivity index (χ0v) is 17.3. The van der Waals surface area contributed by atoms with Crippen LogP contribution in [0.2, 0.25) is 0 Å². The van der Waals surface area contributed by atoms with E-state index in [1.165, 1.54) is 12.1 Å². The first-order chi connectivity index (χ1) is 14.5. The van der Waals surface area contributed by atoms with E-state index in [9.17, 15) is 4.39 Å². The maximum absolute atomic E-state index is 13.3. The molecule has 0 aliphatic rings. The largest absolute Gasteiger partial charge is 0.338 e. The fourth-order valence-electron chi connectivity index (χ4n) is 2.97. The number of hydrogen-bond donors (Lipinski definition) is 2. The second kappa shape index (κ2) is 8.76. The highest BCUT2D eigenvalue weighted by Gasteiger charge is 2.16. The Labute approximate surface area is 176 Å². The summed E-state index contributed by atoms with van der Waals surface area (Å²) in [5.41, 5.74) is 6.28. The van der Waals surface area contributed by atoms with Crippen LogP contribution in [0.1, 0.15) is 5.69 Å². The average Bonchev–Trinajstić information content (AvgIpc) is 3.04. The summed E-state index contributed by atoms with van der Waals surface area (Å²) < 4.78 is 20.0. The quantitative estimate of drug-likeness (QED) is 0.196. The summed E-state index contributed by atoms with van der Waals surface area (Å²) in [6.45, 7) is 1.90. The fraction of sp³-hybridized carbons (Fsp3) is 0.150. The van der Waals surface area contributed by atoms with Gasteiger partial charge in [0.15, 0.2) is 11.6 Å². The molecule has 0 spiro atoms. The molecule has 30 heavy (non-hydrogen) atoms. The van der Waals surface area contributed by atoms with Crippen LogP contribution in [-0.4, -0.2) is 26.8 Å². The minimum Gasteiger partial charge on any atom is -0.338 e. The van der Waals surface area contributed by atoms with Gasteiger partial charge in [-0.25, -0.2) is 14.4 Å². The van der Waals surface area contributed by atoms with Gasteiger partial charge >= 0.3 is 0 Å². The lowest BCUT2D eigenvalue weighted by atomic mass is 10.2. The number of anilines is 2. The molecule has 0 bridgehead atoms. The number of nitrogens with one attached hydrogen (secondary N) is 2. The third kappa shape index (κ3) is 4.26. The van der Waals surface area contributed by atoms with Gasteiger partial charge in [-0.1, -0.05) is 0 Å². The van der Waals surface area contributed by atoms with Crippen LogP contribution in [0.5, 0.6) is 0 Å². The van der Waals surface area contributed by atoms with Crippen LogP contribution in [0.3, 0.4) is 0 Å². The van der Waals surface area contributed by atoms with E-state index in [4.69, 9.17) is 4.33 Å². The monoisotopic (exact) mass is 426 g/mol. The molecule has 0 radical (unpaired) electrons. The Bertz CT molecular complexity index is 1160. The minimum absolute atomic E-state index is 0.308. The van der Waals surface area contributed by atoms with Gasteiger partial charge in [-0.15, -0.1) is 9.32 Å². The molecule has 0 saturated heterocycles. The predicted molar refractivity (Wildman–Crippen MR) is 113 cm³/mol. The molecule has 2 aromatic carbocycles. The van der Waals surface area contributed by atoms with Crippen molar-refractivity contribution in [3.63, 3.8) is 0 Å². The summed E-state index contributed by atoms with van der Waals surface area (Å²) in [7, 11) is 3.46. The third-order valence-corrected chi connectivity index (χ3v) is 4.92. The highest BCUT2D eigenvalue weighted by molar-refractivity contribution is 7.94. The van der Waals surface area contributed by atoms with Gasteiger partial charge in [0.25, 0.3) is 0 Å². The van der Waals surface area contributed by atoms with Gasteiger partial charge < -0.3 is 5.32 Å². The van der Waals surface area contributed by atoms with E-state index < -0.39 is 0 Å². The van der Waals surface area contributed by atoms with Gasteiger partial charge in [0, 0.05) is 30.2 Å². The molecule has 2 heterocycles. The van der Waals surface area contributed by atoms with Crippen LogP contribution < -0.4 is 10.8 Å². The Morgan fingerprint density at radius 1 is 1.03 bits per heavy atom. The Balaban J connectivity index is 1.69. The first kappa shape index (κ1) is 20.2. The lowest BCUT2D eigenvalue weighted by Crippen LogP contribution is -2.04. The van der Waals surface area contributed by atoms with Gasteiger partial charge in [0.05, 0.1) is 17.7 Å². The van der Waals surface area contributed by atoms with E-state index in [0.717, 1.165) is 44.9 Å². The van der Waals surface area contributed by atoms with E-state index in [1.807, 2.05) is 38.2 Å². The molecule has 0 atom stereocenters. The average molecular weight is 426 g/mol. The number of nitrogens with zero attached hydrogens (tertiary/aromatic N) is 4. The third-order valence-electron chi connectivity index (χ3n) is 4.32. The van der Waals surface area contributed by atoms with Crippen molar-refractivity contribution in [1.82, 2.24) is 25.2 Å². The number of benzene rings is 2. The van der Waals surface area contributed by atoms with Crippen LogP contribution in [0.15, 0.2) is 53.4 Å². The SMILES string of the molecule is CNOOSc1ccc(Nc2nc(-c3ccc(F)cc3)nc3c(C)nn(C)c23)cc1. The number of rotatable bonds is 7. The highest BCUT2D eigenvalue weighted by Crippen LogP contribution is 2.29. The summed E-state index contributed by atoms with van der Waals surface area (Å²) in [4.78, 5) is 14.9. The van der Waals surface area contributed by atoms with E-state index in [0.29, 0.717) is 11.6 Å². The maximum atomic E-state index is 13.3. The van der Waals surface area contributed by atoms with Gasteiger partial charge in [-0.05, 0) is 55.5 Å². The summed E-state index contributed by atoms with van der Waals surface area (Å²) in [5, 5.41) is 7.81. The van der Waals surface area contributed by atoms with Gasteiger partial charge in [-0.3, -0.25) is 4.68 Å². The van der Waals surface area contributed by atoms with Crippen LogP contribution in [-0.2, 0) is 16.4 Å². The van der Waals surface area contributed by atoms with Crippen LogP contribution >= 0.6 is 12.0 Å². The summed E-state index contributed by atoms with van der Waals surface area (Å²) in [5.74, 6) is 0.793. The summed E-state index contributed by atoms with van der Waals surface area (Å²) in [6.07, 6.45) is 0. The fourth-order valence-corrected chi connectivity index (χ4v) is 3.40. The molecule has 8 nitrogen and oxygen atoms in total. The van der Waals surface area contributed by atoms with Gasteiger partial charge in [0.2, 0.25) is 0 Å². The topological polar surface area (TPSA) is 86.1 Å². The second-order valence-corrected chi connectivity index (χ2v) is 7.17. The zero-order chi connectivity index (χ0) is 21.1. The Hall–Kier alpha value is -3.05. The Kier molecular flexibility index (Phi) is 5.91. The van der Waals surface area contributed by atoms with E-state index in [2.05, 4.69) is 30.9 Å². The lowest BCUT2D eigenvalue weighted by Gasteiger charge is -2.10. The number of hydrogen-bond acceptors (Lipinski definition) is 8. The minimum atomic E-state index is -0.308. The van der Waals surface area contributed by atoms with Crippen LogP contribution in [0.25, 0.3) is 22.4 Å². The lowest BCUT2D eigenvalue weighted by molar-refractivity contribution is -0.237. The number of hydroxylamine groups is 1. The molecule has 0 aliphatic heterocycles. The van der Waals surface area contributed by atoms with Crippen molar-refractivity contribution in [3.8, 4) is 11.4 Å². The van der Waals surface area contributed by atoms with Crippen molar-refractivity contribution < 1.29 is 13.7 Å². The van der Waals surface area contributed by atoms with Crippen LogP contribution in [0, 0.1) is 12.7 Å². The van der Waals surface area contributed by atoms with Crippen molar-refractivity contribution in [2.45, 2.75) is 11.8 Å². The van der Waals surface area contributed by atoms with E-state index in [-0.39, 0.29) is 5.82 Å². The maximum Gasteiger partial charge on any atom is 0.162 e. The molecule has 0 unspecified atom stereocenters. The van der Waals surface area contributed by atoms with Crippen molar-refractivity contribution >= 4 is 34.6 Å². The Morgan fingerprint density at radius 3 is 2.47 bits per heavy atom. The second-order valence-electron chi connectivity index (χ2n) is 6.40. The number of halogens is 1. The number of aryl methyl sites for hydroxylation is 2. The highest BCUT2D eigenvalue weighted by atomic mass is 32.2. The zero-order valence-electron chi connectivity index (χ0n) is 16.5. The van der Waals surface area contributed by atoms with Crippen molar-refractivity contribution in [2.24, 2.45) is 7.05 Å². The molecule has 10 heteroatoms.